The van der Waals surface area contributed by atoms with Gasteiger partial charge in [0, 0.05) is 11.3 Å². The Morgan fingerprint density at radius 2 is 1.62 bits per heavy atom. The van der Waals surface area contributed by atoms with Crippen molar-refractivity contribution < 1.29 is 8.42 Å². The minimum atomic E-state index is -2.83. The fourth-order valence-electron chi connectivity index (χ4n) is 1.80. The van der Waals surface area contributed by atoms with Gasteiger partial charge >= 0.3 is 0 Å². The number of unbranched alkanes of at least 4 members (excludes halogenated alkanes) is 1. The Morgan fingerprint density at radius 3 is 2.06 bits per heavy atom. The number of sulfone groups is 1. The minimum absolute atomic E-state index is 0.154. The molecule has 0 spiro atoms. The molecule has 0 saturated carbocycles. The molecule has 16 heavy (non-hydrogen) atoms. The molecule has 0 aromatic heterocycles. The standard InChI is InChI=1S/C12H27NO2S/c1-4-7-9-12(13,5-2)10-8-11-16(14,15)6-3/h4-11,13H2,1-3H3. The van der Waals surface area contributed by atoms with Gasteiger partial charge in [-0.05, 0) is 25.7 Å². The maximum absolute atomic E-state index is 11.3. The van der Waals surface area contributed by atoms with Gasteiger partial charge in [0.2, 0.25) is 0 Å². The lowest BCUT2D eigenvalue weighted by molar-refractivity contribution is 0.339. The highest BCUT2D eigenvalue weighted by Gasteiger charge is 2.22. The van der Waals surface area contributed by atoms with Gasteiger partial charge in [0.25, 0.3) is 0 Å². The third-order valence-electron chi connectivity index (χ3n) is 3.30. The summed E-state index contributed by atoms with van der Waals surface area (Å²) in [5, 5.41) is 0. The van der Waals surface area contributed by atoms with E-state index in [1.807, 2.05) is 0 Å². The summed E-state index contributed by atoms with van der Waals surface area (Å²) in [5.74, 6) is 0.528. The summed E-state index contributed by atoms with van der Waals surface area (Å²) in [7, 11) is -2.83. The van der Waals surface area contributed by atoms with E-state index < -0.39 is 9.84 Å². The zero-order chi connectivity index (χ0) is 12.7. The number of rotatable bonds is 9. The lowest BCUT2D eigenvalue weighted by Crippen LogP contribution is -2.39. The molecule has 0 aromatic rings. The van der Waals surface area contributed by atoms with Crippen molar-refractivity contribution in [1.29, 1.82) is 0 Å². The smallest absolute Gasteiger partial charge is 0.150 e. The number of hydrogen-bond donors (Lipinski definition) is 1. The van der Waals surface area contributed by atoms with Crippen LogP contribution < -0.4 is 5.73 Å². The molecule has 0 aromatic carbocycles. The summed E-state index contributed by atoms with van der Waals surface area (Å²) < 4.78 is 22.7. The van der Waals surface area contributed by atoms with Crippen LogP contribution in [0.15, 0.2) is 0 Å². The van der Waals surface area contributed by atoms with Crippen LogP contribution in [0.4, 0.5) is 0 Å². The molecule has 0 radical (unpaired) electrons. The molecule has 0 aliphatic heterocycles. The maximum Gasteiger partial charge on any atom is 0.150 e. The summed E-state index contributed by atoms with van der Waals surface area (Å²) in [5.41, 5.74) is 6.11. The Kier molecular flexibility index (Phi) is 7.24. The van der Waals surface area contributed by atoms with Crippen LogP contribution in [0.25, 0.3) is 0 Å². The average Bonchev–Trinajstić information content (AvgIpc) is 2.26. The molecule has 1 atom stereocenters. The summed E-state index contributed by atoms with van der Waals surface area (Å²) >= 11 is 0. The van der Waals surface area contributed by atoms with Crippen LogP contribution in [0.5, 0.6) is 0 Å². The van der Waals surface area contributed by atoms with Crippen LogP contribution in [0.1, 0.15) is 59.3 Å². The van der Waals surface area contributed by atoms with E-state index in [2.05, 4.69) is 13.8 Å². The molecule has 0 amide bonds. The lowest BCUT2D eigenvalue weighted by Gasteiger charge is -2.28. The Morgan fingerprint density at radius 1 is 1.06 bits per heavy atom. The third kappa shape index (κ3) is 6.48. The Balaban J connectivity index is 4.04. The average molecular weight is 249 g/mol. The van der Waals surface area contributed by atoms with E-state index in [4.69, 9.17) is 5.73 Å². The molecule has 98 valence electrons. The second-order valence-corrected chi connectivity index (χ2v) is 7.13. The monoisotopic (exact) mass is 249 g/mol. The zero-order valence-corrected chi connectivity index (χ0v) is 11.8. The fraction of sp³-hybridized carbons (Fsp3) is 1.00. The minimum Gasteiger partial charge on any atom is -0.325 e. The van der Waals surface area contributed by atoms with Crippen molar-refractivity contribution in [2.45, 2.75) is 64.8 Å². The number of hydrogen-bond acceptors (Lipinski definition) is 3. The summed E-state index contributed by atoms with van der Waals surface area (Å²) in [6.45, 7) is 5.93. The predicted molar refractivity (Wildman–Crippen MR) is 70.3 cm³/mol. The van der Waals surface area contributed by atoms with Crippen molar-refractivity contribution in [2.75, 3.05) is 11.5 Å². The van der Waals surface area contributed by atoms with Gasteiger partial charge in [-0.3, -0.25) is 0 Å². The molecule has 0 aliphatic rings. The fourth-order valence-corrected chi connectivity index (χ4v) is 2.67. The molecular weight excluding hydrogens is 222 g/mol. The Hall–Kier alpha value is -0.0900. The molecule has 0 heterocycles. The third-order valence-corrected chi connectivity index (χ3v) is 5.09. The molecule has 0 saturated heterocycles. The van der Waals surface area contributed by atoms with Gasteiger partial charge in [-0.15, -0.1) is 0 Å². The van der Waals surface area contributed by atoms with Crippen molar-refractivity contribution >= 4 is 9.84 Å². The quantitative estimate of drug-likeness (QED) is 0.683. The van der Waals surface area contributed by atoms with Gasteiger partial charge < -0.3 is 5.73 Å². The van der Waals surface area contributed by atoms with E-state index >= 15 is 0 Å². The van der Waals surface area contributed by atoms with Crippen molar-refractivity contribution in [2.24, 2.45) is 5.73 Å². The molecule has 0 fully saturated rings. The normalized spacial score (nSPS) is 16.0. The summed E-state index contributed by atoms with van der Waals surface area (Å²) in [4.78, 5) is 0. The van der Waals surface area contributed by atoms with Gasteiger partial charge in [0.15, 0.2) is 0 Å². The first kappa shape index (κ1) is 15.9. The van der Waals surface area contributed by atoms with E-state index in [0.29, 0.717) is 6.42 Å². The van der Waals surface area contributed by atoms with Gasteiger partial charge in [-0.2, -0.15) is 0 Å². The molecule has 0 aliphatic carbocycles. The van der Waals surface area contributed by atoms with Crippen LogP contribution in [0.3, 0.4) is 0 Å². The second kappa shape index (κ2) is 7.28. The van der Waals surface area contributed by atoms with Gasteiger partial charge in [0.1, 0.15) is 9.84 Å². The van der Waals surface area contributed by atoms with Gasteiger partial charge in [0.05, 0.1) is 5.75 Å². The summed E-state index contributed by atoms with van der Waals surface area (Å²) in [6.07, 6.45) is 5.73. The first-order chi connectivity index (χ1) is 7.39. The topological polar surface area (TPSA) is 60.2 Å². The van der Waals surface area contributed by atoms with Crippen molar-refractivity contribution in [3.05, 3.63) is 0 Å². The molecule has 1 unspecified atom stereocenters. The molecule has 0 rings (SSSR count). The highest BCUT2D eigenvalue weighted by molar-refractivity contribution is 7.91. The predicted octanol–water partition coefficient (Wildman–Crippen LogP) is 2.50. The summed E-state index contributed by atoms with van der Waals surface area (Å²) in [6, 6.07) is 0. The maximum atomic E-state index is 11.3. The highest BCUT2D eigenvalue weighted by Crippen LogP contribution is 2.21. The molecule has 3 nitrogen and oxygen atoms in total. The van der Waals surface area contributed by atoms with Gasteiger partial charge in [-0.1, -0.05) is 33.6 Å². The molecular formula is C12H27NO2S. The van der Waals surface area contributed by atoms with E-state index in [-0.39, 0.29) is 17.0 Å². The SMILES string of the molecule is CCCCC(N)(CC)CCCS(=O)(=O)CC. The van der Waals surface area contributed by atoms with Gasteiger partial charge in [-0.25, -0.2) is 8.42 Å². The highest BCUT2D eigenvalue weighted by atomic mass is 32.2. The first-order valence-electron chi connectivity index (χ1n) is 6.38. The number of nitrogens with two attached hydrogens (primary N) is 1. The van der Waals surface area contributed by atoms with Crippen molar-refractivity contribution in [3.63, 3.8) is 0 Å². The van der Waals surface area contributed by atoms with Crippen molar-refractivity contribution in [3.8, 4) is 0 Å². The van der Waals surface area contributed by atoms with Crippen LogP contribution in [-0.4, -0.2) is 25.5 Å². The van der Waals surface area contributed by atoms with Crippen LogP contribution in [0, 0.1) is 0 Å². The largest absolute Gasteiger partial charge is 0.325 e. The Labute approximate surface area is 101 Å². The van der Waals surface area contributed by atoms with Crippen LogP contribution in [0.2, 0.25) is 0 Å². The van der Waals surface area contributed by atoms with E-state index in [0.717, 1.165) is 32.1 Å². The zero-order valence-electron chi connectivity index (χ0n) is 11.0. The van der Waals surface area contributed by atoms with Crippen LogP contribution in [-0.2, 0) is 9.84 Å². The molecule has 0 bridgehead atoms. The molecule has 2 N–H and O–H groups in total. The second-order valence-electron chi connectivity index (χ2n) is 4.66. The first-order valence-corrected chi connectivity index (χ1v) is 8.20. The van der Waals surface area contributed by atoms with E-state index in [9.17, 15) is 8.42 Å². The molecule has 4 heteroatoms. The van der Waals surface area contributed by atoms with Crippen LogP contribution >= 0.6 is 0 Å². The van der Waals surface area contributed by atoms with E-state index in [1.165, 1.54) is 0 Å². The Bertz CT molecular complexity index is 275. The van der Waals surface area contributed by atoms with E-state index in [1.54, 1.807) is 6.92 Å². The lowest BCUT2D eigenvalue weighted by atomic mass is 9.87. The van der Waals surface area contributed by atoms with Crippen molar-refractivity contribution in [1.82, 2.24) is 0 Å².